The van der Waals surface area contributed by atoms with Crippen molar-refractivity contribution in [3.63, 3.8) is 0 Å². The normalized spacial score (nSPS) is 10.3. The first-order valence-electron chi connectivity index (χ1n) is 8.65. The maximum atomic E-state index is 12.8. The number of carbonyl (C=O) groups is 1. The number of hydrogen-bond acceptors (Lipinski definition) is 8. The van der Waals surface area contributed by atoms with Gasteiger partial charge in [-0.25, -0.2) is 4.79 Å². The molecule has 8 heteroatoms. The highest BCUT2D eigenvalue weighted by molar-refractivity contribution is 7.98. The lowest BCUT2D eigenvalue weighted by Gasteiger charge is -2.14. The first kappa shape index (κ1) is 20.5. The molecule has 0 aliphatic rings. The molecular formula is C21H20N2O5S. The molecule has 0 saturated carbocycles. The van der Waals surface area contributed by atoms with Crippen LogP contribution in [0.3, 0.4) is 0 Å². The number of thioether (sulfide) groups is 1. The minimum atomic E-state index is -0.497. The van der Waals surface area contributed by atoms with Gasteiger partial charge in [0.2, 0.25) is 11.8 Å². The second-order valence-electron chi connectivity index (χ2n) is 5.72. The number of esters is 1. The van der Waals surface area contributed by atoms with Gasteiger partial charge < -0.3 is 18.9 Å². The summed E-state index contributed by atoms with van der Waals surface area (Å²) >= 11 is 1.40. The predicted octanol–water partition coefficient (Wildman–Crippen LogP) is 4.43. The van der Waals surface area contributed by atoms with Gasteiger partial charge in [-0.2, -0.15) is 9.97 Å². The van der Waals surface area contributed by atoms with Crippen molar-refractivity contribution in [2.24, 2.45) is 0 Å². The molecule has 0 spiro atoms. The third-order valence-electron chi connectivity index (χ3n) is 3.90. The van der Waals surface area contributed by atoms with Crippen molar-refractivity contribution < 1.29 is 23.7 Å². The molecular weight excluding hydrogens is 392 g/mol. The van der Waals surface area contributed by atoms with Crippen LogP contribution in [0, 0.1) is 0 Å². The molecule has 0 unspecified atom stereocenters. The van der Waals surface area contributed by atoms with Crippen LogP contribution in [-0.2, 0) is 4.74 Å². The molecule has 3 rings (SSSR count). The zero-order valence-electron chi connectivity index (χ0n) is 16.2. The smallest absolute Gasteiger partial charge is 0.343 e. The van der Waals surface area contributed by atoms with E-state index in [-0.39, 0.29) is 35.0 Å². The monoisotopic (exact) mass is 412 g/mol. The Morgan fingerprint density at radius 3 is 2.28 bits per heavy atom. The Hall–Kier alpha value is -3.26. The summed E-state index contributed by atoms with van der Waals surface area (Å²) in [5.41, 5.74) is 1.83. The van der Waals surface area contributed by atoms with E-state index in [0.717, 1.165) is 5.56 Å². The minimum Gasteiger partial charge on any atom is -0.481 e. The van der Waals surface area contributed by atoms with Gasteiger partial charge in [-0.1, -0.05) is 42.5 Å². The first-order valence-corrected chi connectivity index (χ1v) is 10.0. The van der Waals surface area contributed by atoms with E-state index in [1.807, 2.05) is 42.7 Å². The van der Waals surface area contributed by atoms with Gasteiger partial charge >= 0.3 is 12.0 Å². The molecule has 0 bridgehead atoms. The summed E-state index contributed by atoms with van der Waals surface area (Å²) in [4.78, 5) is 21.2. The molecule has 0 aliphatic heterocycles. The van der Waals surface area contributed by atoms with E-state index >= 15 is 0 Å². The highest BCUT2D eigenvalue weighted by Gasteiger charge is 2.22. The summed E-state index contributed by atoms with van der Waals surface area (Å²) in [6, 6.07) is 16.3. The van der Waals surface area contributed by atoms with Crippen molar-refractivity contribution in [2.75, 3.05) is 26.4 Å². The van der Waals surface area contributed by atoms with Crippen LogP contribution < -0.4 is 14.2 Å². The van der Waals surface area contributed by atoms with E-state index in [9.17, 15) is 4.79 Å². The zero-order valence-corrected chi connectivity index (χ0v) is 17.1. The van der Waals surface area contributed by atoms with E-state index in [2.05, 4.69) is 9.97 Å². The fraction of sp³-hybridized carbons (Fsp3) is 0.190. The number of ether oxygens (including phenoxy) is 4. The van der Waals surface area contributed by atoms with E-state index < -0.39 is 5.97 Å². The Bertz CT molecular complexity index is 960. The van der Waals surface area contributed by atoms with Gasteiger partial charge in [0.1, 0.15) is 17.3 Å². The summed E-state index contributed by atoms with van der Waals surface area (Å²) in [7, 11) is 2.96. The Balaban J connectivity index is 2.07. The molecule has 29 heavy (non-hydrogen) atoms. The largest absolute Gasteiger partial charge is 0.481 e. The lowest BCUT2D eigenvalue weighted by molar-refractivity contribution is 0.0577. The molecule has 2 aromatic carbocycles. The van der Waals surface area contributed by atoms with Crippen LogP contribution >= 0.6 is 11.8 Å². The first-order chi connectivity index (χ1) is 14.2. The van der Waals surface area contributed by atoms with Crippen molar-refractivity contribution in [1.82, 2.24) is 9.97 Å². The molecule has 7 nitrogen and oxygen atoms in total. The van der Waals surface area contributed by atoms with Crippen LogP contribution in [0.1, 0.15) is 10.4 Å². The topological polar surface area (TPSA) is 79.8 Å². The maximum Gasteiger partial charge on any atom is 0.343 e. The third kappa shape index (κ3) is 4.97. The van der Waals surface area contributed by atoms with E-state index in [1.165, 1.54) is 32.0 Å². The number of hydrogen-bond donors (Lipinski definition) is 0. The SMILES string of the molecule is COc1cc(OC)nc(Oc2cccc(-c3ccccc3)c2C(=O)OCSC)n1. The van der Waals surface area contributed by atoms with Crippen LogP contribution in [0.5, 0.6) is 23.5 Å². The lowest BCUT2D eigenvalue weighted by Crippen LogP contribution is -2.09. The predicted molar refractivity (Wildman–Crippen MR) is 111 cm³/mol. The second-order valence-corrected chi connectivity index (χ2v) is 6.53. The molecule has 0 amide bonds. The summed E-state index contributed by atoms with van der Waals surface area (Å²) in [6.45, 7) is 0. The Morgan fingerprint density at radius 2 is 1.66 bits per heavy atom. The standard InChI is InChI=1S/C21H20N2O5S/c1-25-17-12-18(26-2)23-21(22-17)28-16-11-7-10-15(14-8-5-4-6-9-14)19(16)20(24)27-13-29-3/h4-12H,13H2,1-3H3. The zero-order chi connectivity index (χ0) is 20.6. The van der Waals surface area contributed by atoms with Crippen molar-refractivity contribution in [3.05, 3.63) is 60.2 Å². The molecule has 1 heterocycles. The number of benzene rings is 2. The van der Waals surface area contributed by atoms with Gasteiger partial charge in [0, 0.05) is 0 Å². The molecule has 0 N–H and O–H groups in total. The van der Waals surface area contributed by atoms with Gasteiger partial charge in [-0.15, -0.1) is 11.8 Å². The van der Waals surface area contributed by atoms with E-state index in [0.29, 0.717) is 5.56 Å². The number of rotatable bonds is 8. The fourth-order valence-electron chi connectivity index (χ4n) is 2.61. The number of nitrogens with zero attached hydrogens (tertiary/aromatic N) is 2. The molecule has 150 valence electrons. The number of methoxy groups -OCH3 is 2. The number of carbonyl (C=O) groups excluding carboxylic acids is 1. The van der Waals surface area contributed by atoms with Gasteiger partial charge in [0.05, 0.1) is 20.3 Å². The van der Waals surface area contributed by atoms with E-state index in [4.69, 9.17) is 18.9 Å². The van der Waals surface area contributed by atoms with Crippen molar-refractivity contribution in [3.8, 4) is 34.6 Å². The van der Waals surface area contributed by atoms with E-state index in [1.54, 1.807) is 12.1 Å². The quantitative estimate of drug-likeness (QED) is 0.397. The average molecular weight is 412 g/mol. The fourth-order valence-corrected chi connectivity index (χ4v) is 2.83. The highest BCUT2D eigenvalue weighted by Crippen LogP contribution is 2.34. The maximum absolute atomic E-state index is 12.8. The molecule has 3 aromatic rings. The van der Waals surface area contributed by atoms with Crippen LogP contribution in [0.2, 0.25) is 0 Å². The van der Waals surface area contributed by atoms with Crippen molar-refractivity contribution >= 4 is 17.7 Å². The summed E-state index contributed by atoms with van der Waals surface area (Å²) in [5.74, 6) is 0.553. The third-order valence-corrected chi connectivity index (χ3v) is 4.25. The average Bonchev–Trinajstić information content (AvgIpc) is 2.77. The van der Waals surface area contributed by atoms with Crippen LogP contribution in [-0.4, -0.2) is 42.4 Å². The van der Waals surface area contributed by atoms with Crippen molar-refractivity contribution in [2.45, 2.75) is 0 Å². The number of aromatic nitrogens is 2. The summed E-state index contributed by atoms with van der Waals surface area (Å²) < 4.78 is 21.5. The Labute approximate surface area is 173 Å². The van der Waals surface area contributed by atoms with Crippen molar-refractivity contribution in [1.29, 1.82) is 0 Å². The summed E-state index contributed by atoms with van der Waals surface area (Å²) in [5, 5.41) is 0. The Morgan fingerprint density at radius 1 is 0.966 bits per heavy atom. The van der Waals surface area contributed by atoms with Gasteiger partial charge in [-0.05, 0) is 23.4 Å². The minimum absolute atomic E-state index is 0.00896. The molecule has 0 aliphatic carbocycles. The summed E-state index contributed by atoms with van der Waals surface area (Å²) in [6.07, 6.45) is 1.85. The van der Waals surface area contributed by atoms with Crippen LogP contribution in [0.25, 0.3) is 11.1 Å². The molecule has 1 aromatic heterocycles. The molecule has 0 atom stereocenters. The van der Waals surface area contributed by atoms with Crippen LogP contribution in [0.15, 0.2) is 54.6 Å². The molecule has 0 fully saturated rings. The Kier molecular flexibility index (Phi) is 6.91. The lowest BCUT2D eigenvalue weighted by atomic mass is 9.99. The molecule has 0 radical (unpaired) electrons. The second kappa shape index (κ2) is 9.79. The van der Waals surface area contributed by atoms with Gasteiger partial charge in [-0.3, -0.25) is 0 Å². The molecule has 0 saturated heterocycles. The van der Waals surface area contributed by atoms with Gasteiger partial charge in [0.15, 0.2) is 0 Å². The van der Waals surface area contributed by atoms with Crippen LogP contribution in [0.4, 0.5) is 0 Å². The highest BCUT2D eigenvalue weighted by atomic mass is 32.2. The van der Waals surface area contributed by atoms with Gasteiger partial charge in [0.25, 0.3) is 0 Å².